The van der Waals surface area contributed by atoms with Gasteiger partial charge in [0, 0.05) is 50.0 Å². The molecule has 0 amide bonds. The Hall–Kier alpha value is -1.13. The van der Waals surface area contributed by atoms with E-state index in [0.29, 0.717) is 11.9 Å². The Kier molecular flexibility index (Phi) is 3.46. The van der Waals surface area contributed by atoms with Gasteiger partial charge in [0.2, 0.25) is 5.88 Å². The molecule has 2 bridgehead atoms. The molecule has 0 aliphatic carbocycles. The Morgan fingerprint density at radius 1 is 1.32 bits per heavy atom. The van der Waals surface area contributed by atoms with Crippen LogP contribution in [0.5, 0.6) is 5.88 Å². The number of hydrogen-bond acceptors (Lipinski definition) is 4. The maximum Gasteiger partial charge on any atom is 0.212 e. The van der Waals surface area contributed by atoms with Crippen LogP contribution in [0.15, 0.2) is 18.3 Å². The monoisotopic (exact) mass is 261 g/mol. The predicted molar refractivity (Wildman–Crippen MR) is 75.2 cm³/mol. The number of pyridine rings is 1. The molecule has 0 spiro atoms. The van der Waals surface area contributed by atoms with Crippen LogP contribution in [0, 0.1) is 0 Å². The second-order valence-corrected chi connectivity index (χ2v) is 5.97. The Morgan fingerprint density at radius 3 is 2.68 bits per heavy atom. The van der Waals surface area contributed by atoms with Crippen molar-refractivity contribution >= 4 is 0 Å². The van der Waals surface area contributed by atoms with Crippen LogP contribution in [-0.4, -0.2) is 53.1 Å². The van der Waals surface area contributed by atoms with Crippen molar-refractivity contribution in [3.63, 3.8) is 0 Å². The molecule has 2 saturated heterocycles. The molecule has 1 aromatic heterocycles. The molecule has 0 radical (unpaired) electrons. The summed E-state index contributed by atoms with van der Waals surface area (Å²) in [7, 11) is 1.65. The zero-order valence-corrected chi connectivity index (χ0v) is 12.0. The van der Waals surface area contributed by atoms with Gasteiger partial charge in [-0.25, -0.2) is 4.98 Å². The largest absolute Gasteiger partial charge is 0.481 e. The Balaban J connectivity index is 1.61. The number of hydrogen-bond donors (Lipinski definition) is 0. The van der Waals surface area contributed by atoms with Crippen LogP contribution in [0.4, 0.5) is 0 Å². The van der Waals surface area contributed by atoms with Gasteiger partial charge < -0.3 is 4.74 Å². The van der Waals surface area contributed by atoms with Gasteiger partial charge in [0.25, 0.3) is 0 Å². The average Bonchev–Trinajstić information content (AvgIpc) is 2.99. The van der Waals surface area contributed by atoms with E-state index >= 15 is 0 Å². The molecule has 0 saturated carbocycles. The fraction of sp³-hybridized carbons (Fsp3) is 0.667. The molecule has 4 heteroatoms. The minimum atomic E-state index is 0.680. The molecule has 2 aliphatic rings. The van der Waals surface area contributed by atoms with Gasteiger partial charge in [-0.15, -0.1) is 0 Å². The van der Waals surface area contributed by atoms with Crippen molar-refractivity contribution in [1.82, 2.24) is 14.8 Å². The van der Waals surface area contributed by atoms with Crippen molar-refractivity contribution in [3.8, 4) is 5.88 Å². The highest BCUT2D eigenvalue weighted by molar-refractivity contribution is 5.18. The summed E-state index contributed by atoms with van der Waals surface area (Å²) in [5, 5.41) is 0. The fourth-order valence-electron chi connectivity index (χ4n) is 3.47. The van der Waals surface area contributed by atoms with Gasteiger partial charge in [0.05, 0.1) is 7.11 Å². The first-order chi connectivity index (χ1) is 9.17. The first-order valence-corrected chi connectivity index (χ1v) is 7.16. The minimum absolute atomic E-state index is 0.680. The van der Waals surface area contributed by atoms with Crippen molar-refractivity contribution < 1.29 is 4.74 Å². The van der Waals surface area contributed by atoms with Gasteiger partial charge in [-0.1, -0.05) is 6.07 Å². The third-order valence-electron chi connectivity index (χ3n) is 4.45. The Bertz CT molecular complexity index is 432. The SMILES string of the molecule is COc1ccc(CN2CC3CC2CN3C(C)C)cn1. The number of likely N-dealkylation sites (tertiary alicyclic amines) is 2. The molecular formula is C15H23N3O. The van der Waals surface area contributed by atoms with Crippen LogP contribution >= 0.6 is 0 Å². The summed E-state index contributed by atoms with van der Waals surface area (Å²) < 4.78 is 5.10. The van der Waals surface area contributed by atoms with E-state index in [1.807, 2.05) is 12.3 Å². The number of rotatable bonds is 4. The Morgan fingerprint density at radius 2 is 2.16 bits per heavy atom. The highest BCUT2D eigenvalue weighted by Gasteiger charge is 2.43. The highest BCUT2D eigenvalue weighted by atomic mass is 16.5. The molecule has 4 nitrogen and oxygen atoms in total. The average molecular weight is 261 g/mol. The van der Waals surface area contributed by atoms with Gasteiger partial charge in [0.15, 0.2) is 0 Å². The minimum Gasteiger partial charge on any atom is -0.481 e. The molecule has 104 valence electrons. The van der Waals surface area contributed by atoms with Gasteiger partial charge in [0.1, 0.15) is 0 Å². The number of fused-ring (bicyclic) bond motifs is 2. The lowest BCUT2D eigenvalue weighted by Gasteiger charge is -2.36. The molecule has 0 aromatic carbocycles. The zero-order valence-electron chi connectivity index (χ0n) is 12.0. The molecule has 2 aliphatic heterocycles. The maximum atomic E-state index is 5.10. The molecule has 0 N–H and O–H groups in total. The van der Waals surface area contributed by atoms with Crippen LogP contribution in [0.25, 0.3) is 0 Å². The smallest absolute Gasteiger partial charge is 0.212 e. The summed E-state index contributed by atoms with van der Waals surface area (Å²) in [5.41, 5.74) is 1.28. The van der Waals surface area contributed by atoms with Gasteiger partial charge in [-0.3, -0.25) is 9.80 Å². The predicted octanol–water partition coefficient (Wildman–Crippen LogP) is 1.76. The van der Waals surface area contributed by atoms with E-state index in [-0.39, 0.29) is 0 Å². The van der Waals surface area contributed by atoms with Crippen molar-refractivity contribution in [3.05, 3.63) is 23.9 Å². The van der Waals surface area contributed by atoms with E-state index < -0.39 is 0 Å². The molecule has 1 aromatic rings. The van der Waals surface area contributed by atoms with Crippen LogP contribution in [0.1, 0.15) is 25.8 Å². The number of piperazine rings is 1. The van der Waals surface area contributed by atoms with Crippen LogP contribution in [0.2, 0.25) is 0 Å². The Labute approximate surface area is 115 Å². The van der Waals surface area contributed by atoms with Crippen LogP contribution < -0.4 is 4.74 Å². The third kappa shape index (κ3) is 2.47. The van der Waals surface area contributed by atoms with Gasteiger partial charge in [-0.05, 0) is 25.8 Å². The molecular weight excluding hydrogens is 238 g/mol. The summed E-state index contributed by atoms with van der Waals surface area (Å²) in [4.78, 5) is 9.54. The third-order valence-corrected chi connectivity index (χ3v) is 4.45. The van der Waals surface area contributed by atoms with E-state index in [1.54, 1.807) is 7.11 Å². The second kappa shape index (κ2) is 5.10. The summed E-state index contributed by atoms with van der Waals surface area (Å²) in [6.07, 6.45) is 3.27. The van der Waals surface area contributed by atoms with E-state index in [0.717, 1.165) is 18.6 Å². The van der Waals surface area contributed by atoms with E-state index in [9.17, 15) is 0 Å². The molecule has 19 heavy (non-hydrogen) atoms. The highest BCUT2D eigenvalue weighted by Crippen LogP contribution is 2.33. The lowest BCUT2D eigenvalue weighted by molar-refractivity contribution is 0.0998. The standard InChI is InChI=1S/C15H23N3O/c1-11(2)18-10-13-6-14(18)9-17(13)8-12-4-5-15(19-3)16-7-12/h4-5,7,11,13-14H,6,8-10H2,1-3H3. The fourth-order valence-corrected chi connectivity index (χ4v) is 3.47. The van der Waals surface area contributed by atoms with Gasteiger partial charge in [-0.2, -0.15) is 0 Å². The summed E-state index contributed by atoms with van der Waals surface area (Å²) in [6.45, 7) is 8.06. The summed E-state index contributed by atoms with van der Waals surface area (Å²) in [5.74, 6) is 0.692. The first-order valence-electron chi connectivity index (χ1n) is 7.16. The lowest BCUT2D eigenvalue weighted by atomic mass is 10.2. The summed E-state index contributed by atoms with van der Waals surface area (Å²) >= 11 is 0. The molecule has 2 fully saturated rings. The number of ether oxygens (including phenoxy) is 1. The van der Waals surface area contributed by atoms with Crippen molar-refractivity contribution in [1.29, 1.82) is 0 Å². The molecule has 2 atom stereocenters. The van der Waals surface area contributed by atoms with Crippen molar-refractivity contribution in [2.45, 2.75) is 44.9 Å². The van der Waals surface area contributed by atoms with Crippen molar-refractivity contribution in [2.24, 2.45) is 0 Å². The maximum absolute atomic E-state index is 5.10. The van der Waals surface area contributed by atoms with E-state index in [2.05, 4.69) is 34.7 Å². The topological polar surface area (TPSA) is 28.6 Å². The number of nitrogens with zero attached hydrogens (tertiary/aromatic N) is 3. The van der Waals surface area contributed by atoms with Crippen LogP contribution in [-0.2, 0) is 6.54 Å². The molecule has 3 rings (SSSR count). The first kappa shape index (κ1) is 12.9. The zero-order chi connectivity index (χ0) is 13.4. The van der Waals surface area contributed by atoms with Crippen LogP contribution in [0.3, 0.4) is 0 Å². The number of methoxy groups -OCH3 is 1. The van der Waals surface area contributed by atoms with E-state index in [1.165, 1.54) is 25.1 Å². The van der Waals surface area contributed by atoms with E-state index in [4.69, 9.17) is 4.74 Å². The normalized spacial score (nSPS) is 27.4. The quantitative estimate of drug-likeness (QED) is 0.826. The van der Waals surface area contributed by atoms with Crippen molar-refractivity contribution in [2.75, 3.05) is 20.2 Å². The second-order valence-electron chi connectivity index (χ2n) is 5.97. The van der Waals surface area contributed by atoms with Gasteiger partial charge >= 0.3 is 0 Å². The number of aromatic nitrogens is 1. The lowest BCUT2D eigenvalue weighted by Crippen LogP contribution is -2.48. The summed E-state index contributed by atoms with van der Waals surface area (Å²) in [6, 6.07) is 6.24. The molecule has 3 heterocycles. The molecule has 2 unspecified atom stereocenters.